The molecule has 1 heterocycles. The lowest BCUT2D eigenvalue weighted by Crippen LogP contribution is -2.59. The number of benzene rings is 1. The fourth-order valence-corrected chi connectivity index (χ4v) is 3.15. The highest BCUT2D eigenvalue weighted by molar-refractivity contribution is 5.26. The fraction of sp³-hybridized carbons (Fsp3) is 0.667. The summed E-state index contributed by atoms with van der Waals surface area (Å²) in [6.07, 6.45) is 1.21. The van der Waals surface area contributed by atoms with Crippen LogP contribution < -0.4 is 5.32 Å². The minimum absolute atomic E-state index is 0.345. The molecule has 0 aromatic heterocycles. The van der Waals surface area contributed by atoms with E-state index >= 15 is 0 Å². The Morgan fingerprint density at radius 1 is 1.24 bits per heavy atom. The number of rotatable bonds is 5. The molecule has 0 radical (unpaired) electrons. The average molecular weight is 290 g/mol. The highest BCUT2D eigenvalue weighted by Crippen LogP contribution is 2.23. The standard InChI is InChI=1S/C18H30N2O/c1-5-14(4)18-10-19-17(13(2)3)12-20(18)11-15-6-8-16(21)9-7-15/h6-9,13-14,17-19,21H,5,10-12H2,1-4H3. The van der Waals surface area contributed by atoms with Crippen molar-refractivity contribution in [2.24, 2.45) is 11.8 Å². The lowest BCUT2D eigenvalue weighted by Gasteiger charge is -2.44. The molecule has 3 unspecified atom stereocenters. The molecule has 1 aliphatic heterocycles. The number of hydrogen-bond acceptors (Lipinski definition) is 3. The third-order valence-corrected chi connectivity index (χ3v) is 4.92. The van der Waals surface area contributed by atoms with Crippen LogP contribution in [0.4, 0.5) is 0 Å². The van der Waals surface area contributed by atoms with Crippen LogP contribution in [0, 0.1) is 11.8 Å². The smallest absolute Gasteiger partial charge is 0.115 e. The van der Waals surface area contributed by atoms with Gasteiger partial charge in [-0.2, -0.15) is 0 Å². The van der Waals surface area contributed by atoms with Gasteiger partial charge in [-0.25, -0.2) is 0 Å². The molecule has 0 spiro atoms. The lowest BCUT2D eigenvalue weighted by molar-refractivity contribution is 0.0722. The largest absolute Gasteiger partial charge is 0.508 e. The summed E-state index contributed by atoms with van der Waals surface area (Å²) in [7, 11) is 0. The first kappa shape index (κ1) is 16.3. The third-order valence-electron chi connectivity index (χ3n) is 4.92. The summed E-state index contributed by atoms with van der Waals surface area (Å²) in [5, 5.41) is 13.2. The van der Waals surface area contributed by atoms with Gasteiger partial charge in [-0.15, -0.1) is 0 Å². The Hall–Kier alpha value is -1.06. The molecule has 1 aromatic rings. The zero-order chi connectivity index (χ0) is 15.4. The van der Waals surface area contributed by atoms with E-state index in [1.54, 1.807) is 12.1 Å². The van der Waals surface area contributed by atoms with Crippen LogP contribution in [-0.4, -0.2) is 35.2 Å². The van der Waals surface area contributed by atoms with Crippen LogP contribution in [-0.2, 0) is 6.54 Å². The highest BCUT2D eigenvalue weighted by Gasteiger charge is 2.31. The van der Waals surface area contributed by atoms with Crippen LogP contribution in [0.2, 0.25) is 0 Å². The van der Waals surface area contributed by atoms with Crippen molar-refractivity contribution >= 4 is 0 Å². The van der Waals surface area contributed by atoms with Crippen LogP contribution in [0.25, 0.3) is 0 Å². The molecule has 1 aromatic carbocycles. The monoisotopic (exact) mass is 290 g/mol. The molecular weight excluding hydrogens is 260 g/mol. The van der Waals surface area contributed by atoms with Gasteiger partial charge in [-0.05, 0) is 29.5 Å². The molecule has 0 aliphatic carbocycles. The van der Waals surface area contributed by atoms with Crippen molar-refractivity contribution < 1.29 is 5.11 Å². The molecular formula is C18H30N2O. The molecule has 21 heavy (non-hydrogen) atoms. The van der Waals surface area contributed by atoms with Crippen molar-refractivity contribution in [3.05, 3.63) is 29.8 Å². The van der Waals surface area contributed by atoms with E-state index in [2.05, 4.69) is 37.9 Å². The van der Waals surface area contributed by atoms with Crippen LogP contribution in [0.1, 0.15) is 39.7 Å². The van der Waals surface area contributed by atoms with E-state index in [9.17, 15) is 5.11 Å². The van der Waals surface area contributed by atoms with Gasteiger partial charge in [-0.3, -0.25) is 4.90 Å². The zero-order valence-corrected chi connectivity index (χ0v) is 13.8. The van der Waals surface area contributed by atoms with E-state index in [-0.39, 0.29) is 0 Å². The number of piperazine rings is 1. The van der Waals surface area contributed by atoms with Crippen molar-refractivity contribution in [2.45, 2.75) is 52.7 Å². The van der Waals surface area contributed by atoms with Crippen LogP contribution >= 0.6 is 0 Å². The van der Waals surface area contributed by atoms with Crippen LogP contribution in [0.15, 0.2) is 24.3 Å². The molecule has 3 atom stereocenters. The normalized spacial score (nSPS) is 25.2. The van der Waals surface area contributed by atoms with Gasteiger partial charge in [0, 0.05) is 31.7 Å². The Labute approximate surface area is 129 Å². The first-order valence-electron chi connectivity index (χ1n) is 8.26. The summed E-state index contributed by atoms with van der Waals surface area (Å²) in [4.78, 5) is 2.63. The molecule has 0 amide bonds. The van der Waals surface area contributed by atoms with E-state index in [1.807, 2.05) is 12.1 Å². The van der Waals surface area contributed by atoms with Crippen molar-refractivity contribution in [1.82, 2.24) is 10.2 Å². The molecule has 0 saturated carbocycles. The second-order valence-electron chi connectivity index (χ2n) is 6.81. The summed E-state index contributed by atoms with van der Waals surface area (Å²) in [5.41, 5.74) is 1.28. The lowest BCUT2D eigenvalue weighted by atomic mass is 9.91. The number of phenolic OH excluding ortho intramolecular Hbond substituents is 1. The highest BCUT2D eigenvalue weighted by atomic mass is 16.3. The predicted molar refractivity (Wildman–Crippen MR) is 88.4 cm³/mol. The van der Waals surface area contributed by atoms with Gasteiger partial charge >= 0.3 is 0 Å². The molecule has 118 valence electrons. The first-order chi connectivity index (χ1) is 10.0. The van der Waals surface area contributed by atoms with Crippen LogP contribution in [0.5, 0.6) is 5.75 Å². The minimum atomic E-state index is 0.345. The SMILES string of the molecule is CCC(C)C1CNC(C(C)C)CN1Cc1ccc(O)cc1. The zero-order valence-electron chi connectivity index (χ0n) is 13.8. The van der Waals surface area contributed by atoms with Gasteiger partial charge in [0.25, 0.3) is 0 Å². The number of nitrogens with one attached hydrogen (secondary N) is 1. The van der Waals surface area contributed by atoms with E-state index in [1.165, 1.54) is 12.0 Å². The summed E-state index contributed by atoms with van der Waals surface area (Å²) in [6, 6.07) is 8.82. The molecule has 1 aliphatic rings. The summed E-state index contributed by atoms with van der Waals surface area (Å²) < 4.78 is 0. The minimum Gasteiger partial charge on any atom is -0.508 e. The van der Waals surface area contributed by atoms with Crippen molar-refractivity contribution in [3.63, 3.8) is 0 Å². The van der Waals surface area contributed by atoms with Gasteiger partial charge in [0.15, 0.2) is 0 Å². The van der Waals surface area contributed by atoms with Crippen molar-refractivity contribution in [2.75, 3.05) is 13.1 Å². The fourth-order valence-electron chi connectivity index (χ4n) is 3.15. The summed E-state index contributed by atoms with van der Waals surface area (Å²) in [5.74, 6) is 1.70. The second kappa shape index (κ2) is 7.28. The molecule has 2 rings (SSSR count). The van der Waals surface area contributed by atoms with Gasteiger partial charge in [0.1, 0.15) is 5.75 Å². The second-order valence-corrected chi connectivity index (χ2v) is 6.81. The predicted octanol–water partition coefficient (Wildman–Crippen LogP) is 3.24. The maximum Gasteiger partial charge on any atom is 0.115 e. The molecule has 1 saturated heterocycles. The van der Waals surface area contributed by atoms with Gasteiger partial charge in [-0.1, -0.05) is 46.2 Å². The first-order valence-corrected chi connectivity index (χ1v) is 8.26. The molecule has 2 N–H and O–H groups in total. The average Bonchev–Trinajstić information content (AvgIpc) is 2.48. The third kappa shape index (κ3) is 4.21. The summed E-state index contributed by atoms with van der Waals surface area (Å²) >= 11 is 0. The Balaban J connectivity index is 2.10. The Morgan fingerprint density at radius 2 is 1.90 bits per heavy atom. The van der Waals surface area contributed by atoms with Gasteiger partial charge < -0.3 is 10.4 Å². The van der Waals surface area contributed by atoms with Gasteiger partial charge in [0.05, 0.1) is 0 Å². The molecule has 3 nitrogen and oxygen atoms in total. The Morgan fingerprint density at radius 3 is 2.48 bits per heavy atom. The summed E-state index contributed by atoms with van der Waals surface area (Å²) in [6.45, 7) is 12.4. The number of hydrogen-bond donors (Lipinski definition) is 2. The number of nitrogens with zero attached hydrogens (tertiary/aromatic N) is 1. The molecule has 1 fully saturated rings. The van der Waals surface area contributed by atoms with E-state index in [4.69, 9.17) is 0 Å². The van der Waals surface area contributed by atoms with Crippen LogP contribution in [0.3, 0.4) is 0 Å². The van der Waals surface area contributed by atoms with Gasteiger partial charge in [0.2, 0.25) is 0 Å². The quantitative estimate of drug-likeness (QED) is 0.874. The number of aromatic hydroxyl groups is 1. The topological polar surface area (TPSA) is 35.5 Å². The molecule has 3 heteroatoms. The van der Waals surface area contributed by atoms with E-state index in [0.29, 0.717) is 29.7 Å². The Kier molecular flexibility index (Phi) is 5.65. The van der Waals surface area contributed by atoms with Crippen molar-refractivity contribution in [1.29, 1.82) is 0 Å². The van der Waals surface area contributed by atoms with E-state index < -0.39 is 0 Å². The maximum absolute atomic E-state index is 9.43. The number of phenols is 1. The van der Waals surface area contributed by atoms with E-state index in [0.717, 1.165) is 19.6 Å². The Bertz CT molecular complexity index is 429. The molecule has 0 bridgehead atoms. The maximum atomic E-state index is 9.43. The van der Waals surface area contributed by atoms with Crippen molar-refractivity contribution in [3.8, 4) is 5.75 Å².